The van der Waals surface area contributed by atoms with Gasteiger partial charge in [0, 0.05) is 23.4 Å². The first-order valence-corrected chi connectivity index (χ1v) is 10.5. The lowest BCUT2D eigenvalue weighted by molar-refractivity contribution is -0.159. The fourth-order valence-corrected chi connectivity index (χ4v) is 3.92. The van der Waals surface area contributed by atoms with Gasteiger partial charge in [-0.15, -0.1) is 0 Å². The summed E-state index contributed by atoms with van der Waals surface area (Å²) in [4.78, 5) is 16.0. The minimum Gasteiger partial charge on any atom is -0.497 e. The predicted molar refractivity (Wildman–Crippen MR) is 103 cm³/mol. The largest absolute Gasteiger partial charge is 0.497 e. The zero-order chi connectivity index (χ0) is 22.8. The molecular weight excluding hydrogens is 439 g/mol. The number of carbonyl (C=O) groups excluding carboxylic acids is 1. The van der Waals surface area contributed by atoms with Crippen molar-refractivity contribution in [3.8, 4) is 22.9 Å². The Morgan fingerprint density at radius 1 is 1.10 bits per heavy atom. The Morgan fingerprint density at radius 3 is 2.32 bits per heavy atom. The van der Waals surface area contributed by atoms with Crippen molar-refractivity contribution in [1.82, 2.24) is 10.1 Å². The first-order valence-electron chi connectivity index (χ1n) is 8.55. The highest BCUT2D eigenvalue weighted by atomic mass is 32.2. The Morgan fingerprint density at radius 2 is 1.77 bits per heavy atom. The average Bonchev–Trinajstić information content (AvgIpc) is 3.24. The maximum Gasteiger partial charge on any atom is 0.471 e. The second-order valence-electron chi connectivity index (χ2n) is 6.21. The summed E-state index contributed by atoms with van der Waals surface area (Å²) in [5.74, 6) is -1.81. The molecule has 1 amide bonds. The van der Waals surface area contributed by atoms with Crippen molar-refractivity contribution < 1.29 is 36.2 Å². The number of hydrogen-bond acceptors (Lipinski definition) is 7. The molecule has 0 spiro atoms. The van der Waals surface area contributed by atoms with Crippen molar-refractivity contribution in [3.63, 3.8) is 0 Å². The third-order valence-electron chi connectivity index (χ3n) is 4.09. The quantitative estimate of drug-likeness (QED) is 0.571. The van der Waals surface area contributed by atoms with Crippen LogP contribution in [0.4, 0.5) is 13.2 Å². The van der Waals surface area contributed by atoms with Gasteiger partial charge >= 0.3 is 12.1 Å². The van der Waals surface area contributed by atoms with Crippen LogP contribution < -0.4 is 9.47 Å². The van der Waals surface area contributed by atoms with Crippen LogP contribution >= 0.6 is 0 Å². The molecule has 1 aromatic heterocycles. The summed E-state index contributed by atoms with van der Waals surface area (Å²) < 4.78 is 69.2. The van der Waals surface area contributed by atoms with Gasteiger partial charge in [0.15, 0.2) is 0 Å². The molecule has 8 nitrogen and oxygen atoms in total. The molecule has 0 aliphatic carbocycles. The van der Waals surface area contributed by atoms with E-state index in [2.05, 4.69) is 19.0 Å². The van der Waals surface area contributed by atoms with Gasteiger partial charge in [-0.05, 0) is 24.3 Å². The lowest BCUT2D eigenvalue weighted by atomic mass is 10.1. The van der Waals surface area contributed by atoms with E-state index in [9.17, 15) is 22.2 Å². The van der Waals surface area contributed by atoms with E-state index in [1.54, 1.807) is 6.07 Å². The number of methoxy groups -OCH3 is 2. The molecule has 0 radical (unpaired) electrons. The molecule has 0 bridgehead atoms. The molecule has 0 aliphatic rings. The van der Waals surface area contributed by atoms with Gasteiger partial charge in [-0.1, -0.05) is 17.3 Å². The number of benzene rings is 2. The van der Waals surface area contributed by atoms with E-state index in [4.69, 9.17) is 9.47 Å². The molecule has 164 valence electrons. The molecule has 0 saturated carbocycles. The van der Waals surface area contributed by atoms with Gasteiger partial charge < -0.3 is 14.0 Å². The highest BCUT2D eigenvalue weighted by Gasteiger charge is 2.38. The SMILES string of the molecule is COc1ccc(S(C)(=O)=NC(=O)c2ccc(-c3noc(C(F)(F)F)n3)cc2)c(OC)c1. The summed E-state index contributed by atoms with van der Waals surface area (Å²) in [5, 5.41) is 3.28. The summed E-state index contributed by atoms with van der Waals surface area (Å²) >= 11 is 0. The van der Waals surface area contributed by atoms with Crippen LogP contribution in [0, 0.1) is 0 Å². The molecule has 0 aliphatic heterocycles. The second-order valence-corrected chi connectivity index (χ2v) is 8.44. The zero-order valence-corrected chi connectivity index (χ0v) is 17.3. The van der Waals surface area contributed by atoms with Crippen molar-refractivity contribution in [2.45, 2.75) is 11.1 Å². The van der Waals surface area contributed by atoms with Crippen LogP contribution in [0.3, 0.4) is 0 Å². The molecule has 3 aromatic rings. The number of amides is 1. The van der Waals surface area contributed by atoms with Crippen LogP contribution in [0.5, 0.6) is 11.5 Å². The van der Waals surface area contributed by atoms with Crippen molar-refractivity contribution >= 4 is 15.6 Å². The Kier molecular flexibility index (Phi) is 6.02. The molecular formula is C19H16F3N3O5S. The van der Waals surface area contributed by atoms with Crippen molar-refractivity contribution in [3.05, 3.63) is 53.9 Å². The number of rotatable bonds is 5. The smallest absolute Gasteiger partial charge is 0.471 e. The second kappa shape index (κ2) is 8.38. The maximum absolute atomic E-state index is 13.1. The number of halogens is 3. The van der Waals surface area contributed by atoms with Crippen LogP contribution in [-0.4, -0.2) is 40.7 Å². The molecule has 0 fully saturated rings. The Balaban J connectivity index is 1.89. The van der Waals surface area contributed by atoms with Gasteiger partial charge in [-0.2, -0.15) is 22.5 Å². The molecule has 31 heavy (non-hydrogen) atoms. The van der Waals surface area contributed by atoms with E-state index in [0.29, 0.717) is 5.75 Å². The fourth-order valence-electron chi connectivity index (χ4n) is 2.57. The lowest BCUT2D eigenvalue weighted by Crippen LogP contribution is -2.06. The van der Waals surface area contributed by atoms with Crippen LogP contribution in [-0.2, 0) is 15.9 Å². The van der Waals surface area contributed by atoms with Crippen molar-refractivity contribution in [2.75, 3.05) is 20.5 Å². The highest BCUT2D eigenvalue weighted by Crippen LogP contribution is 2.31. The Labute approximate surface area is 175 Å². The standard InChI is InChI=1S/C19H16F3N3O5S/c1-28-13-8-9-15(14(10-13)29-2)31(3,27)25-17(26)12-6-4-11(5-7-12)16-23-18(30-24-16)19(20,21)22/h4-10H,1-3H3. The minimum absolute atomic E-state index is 0.0744. The summed E-state index contributed by atoms with van der Waals surface area (Å²) in [6, 6.07) is 9.87. The fraction of sp³-hybridized carbons (Fsp3) is 0.211. The van der Waals surface area contributed by atoms with Gasteiger partial charge in [-0.3, -0.25) is 4.79 Å². The molecule has 0 saturated heterocycles. The molecule has 12 heteroatoms. The number of alkyl halides is 3. The number of hydrogen-bond donors (Lipinski definition) is 0. The minimum atomic E-state index is -4.76. The van der Waals surface area contributed by atoms with E-state index in [0.717, 1.165) is 0 Å². The van der Waals surface area contributed by atoms with Gasteiger partial charge in [0.05, 0.1) is 28.8 Å². The zero-order valence-electron chi connectivity index (χ0n) is 16.5. The van der Waals surface area contributed by atoms with E-state index in [1.807, 2.05) is 0 Å². The van der Waals surface area contributed by atoms with Gasteiger partial charge in [-0.25, -0.2) is 4.21 Å². The van der Waals surface area contributed by atoms with Crippen LogP contribution in [0.1, 0.15) is 16.2 Å². The predicted octanol–water partition coefficient (Wildman–Crippen LogP) is 4.07. The topological polar surface area (TPSA) is 104 Å². The Hall–Kier alpha value is -3.41. The van der Waals surface area contributed by atoms with Crippen LogP contribution in [0.2, 0.25) is 0 Å². The van der Waals surface area contributed by atoms with Crippen LogP contribution in [0.25, 0.3) is 11.4 Å². The van der Waals surface area contributed by atoms with Crippen molar-refractivity contribution in [2.24, 2.45) is 4.36 Å². The first kappa shape index (κ1) is 22.3. The van der Waals surface area contributed by atoms with E-state index in [1.165, 1.54) is 56.9 Å². The Bertz CT molecular complexity index is 1230. The molecule has 3 rings (SSSR count). The summed E-state index contributed by atoms with van der Waals surface area (Å²) in [7, 11) is -0.319. The van der Waals surface area contributed by atoms with Crippen LogP contribution in [0.15, 0.2) is 56.2 Å². The average molecular weight is 455 g/mol. The monoisotopic (exact) mass is 455 g/mol. The number of aromatic nitrogens is 2. The summed E-state index contributed by atoms with van der Waals surface area (Å²) in [6.07, 6.45) is -3.47. The number of nitrogens with zero attached hydrogens (tertiary/aromatic N) is 3. The normalized spacial score (nSPS) is 13.4. The third kappa shape index (κ3) is 4.85. The highest BCUT2D eigenvalue weighted by molar-refractivity contribution is 7.93. The molecule has 1 heterocycles. The van der Waals surface area contributed by atoms with Gasteiger partial charge in [0.2, 0.25) is 5.82 Å². The van der Waals surface area contributed by atoms with Gasteiger partial charge in [0.1, 0.15) is 11.5 Å². The van der Waals surface area contributed by atoms with Gasteiger partial charge in [0.25, 0.3) is 5.91 Å². The summed E-state index contributed by atoms with van der Waals surface area (Å²) in [6.45, 7) is 0. The molecule has 0 N–H and O–H groups in total. The number of carbonyl (C=O) groups is 1. The maximum atomic E-state index is 13.1. The summed E-state index contributed by atoms with van der Waals surface area (Å²) in [5.41, 5.74) is 0.273. The van der Waals surface area contributed by atoms with E-state index < -0.39 is 27.7 Å². The number of ether oxygens (including phenoxy) is 2. The lowest BCUT2D eigenvalue weighted by Gasteiger charge is -2.11. The van der Waals surface area contributed by atoms with E-state index in [-0.39, 0.29) is 27.6 Å². The molecule has 1 unspecified atom stereocenters. The first-order chi connectivity index (χ1) is 14.5. The molecule has 1 atom stereocenters. The molecule has 2 aromatic carbocycles. The van der Waals surface area contributed by atoms with E-state index >= 15 is 0 Å². The third-order valence-corrected chi connectivity index (χ3v) is 5.76. The van der Waals surface area contributed by atoms with Crippen molar-refractivity contribution in [1.29, 1.82) is 0 Å².